The van der Waals surface area contributed by atoms with Gasteiger partial charge >= 0.3 is 0 Å². The van der Waals surface area contributed by atoms with E-state index in [1.165, 1.54) is 0 Å². The van der Waals surface area contributed by atoms with Crippen LogP contribution in [0.3, 0.4) is 0 Å². The Morgan fingerprint density at radius 2 is 2.27 bits per heavy atom. The van der Waals surface area contributed by atoms with E-state index in [1.807, 2.05) is 24.4 Å². The zero-order valence-corrected chi connectivity index (χ0v) is 9.29. The normalized spacial score (nSPS) is 11.1. The molecule has 1 aromatic carbocycles. The first-order chi connectivity index (χ1) is 7.24. The second-order valence-electron chi connectivity index (χ2n) is 3.40. The Kier molecular flexibility index (Phi) is 2.84. The number of aromatic nitrogens is 1. The summed E-state index contributed by atoms with van der Waals surface area (Å²) in [6.45, 7) is 1.44. The first kappa shape index (κ1) is 10.3. The summed E-state index contributed by atoms with van der Waals surface area (Å²) in [5, 5.41) is 1.62. The standard InChI is InChI=1S/C11H13ClN2O/c1-15-6-5-14-7-8(12)11-9(13)3-2-4-10(11)14/h2-4,7H,5-6,13H2,1H3. The second kappa shape index (κ2) is 4.13. The maximum Gasteiger partial charge on any atom is 0.0682 e. The molecule has 0 atom stereocenters. The number of fused-ring (bicyclic) bond motifs is 1. The van der Waals surface area contributed by atoms with Gasteiger partial charge in [0.25, 0.3) is 0 Å². The number of ether oxygens (including phenoxy) is 1. The number of nitrogens with two attached hydrogens (primary N) is 1. The van der Waals surface area contributed by atoms with Crippen molar-refractivity contribution in [3.8, 4) is 0 Å². The number of nitrogen functional groups attached to an aromatic ring is 1. The highest BCUT2D eigenvalue weighted by atomic mass is 35.5. The summed E-state index contributed by atoms with van der Waals surface area (Å²) < 4.78 is 7.09. The third-order valence-corrected chi connectivity index (χ3v) is 2.72. The molecule has 0 unspecified atom stereocenters. The lowest BCUT2D eigenvalue weighted by molar-refractivity contribution is 0.188. The number of rotatable bonds is 3. The largest absolute Gasteiger partial charge is 0.398 e. The van der Waals surface area contributed by atoms with Crippen molar-refractivity contribution in [2.24, 2.45) is 0 Å². The van der Waals surface area contributed by atoms with Crippen molar-refractivity contribution >= 4 is 28.2 Å². The Morgan fingerprint density at radius 1 is 1.47 bits per heavy atom. The molecule has 0 saturated heterocycles. The van der Waals surface area contributed by atoms with Crippen LogP contribution >= 0.6 is 11.6 Å². The summed E-state index contributed by atoms with van der Waals surface area (Å²) in [6.07, 6.45) is 1.89. The lowest BCUT2D eigenvalue weighted by Crippen LogP contribution is -2.02. The van der Waals surface area contributed by atoms with Crippen LogP contribution in [0.15, 0.2) is 24.4 Å². The molecule has 1 aromatic heterocycles. The average molecular weight is 225 g/mol. The van der Waals surface area contributed by atoms with Crippen molar-refractivity contribution in [2.45, 2.75) is 6.54 Å². The lowest BCUT2D eigenvalue weighted by atomic mass is 10.2. The van der Waals surface area contributed by atoms with Gasteiger partial charge in [-0.1, -0.05) is 17.7 Å². The molecule has 0 aliphatic rings. The molecule has 0 aliphatic heterocycles. The molecule has 3 nitrogen and oxygen atoms in total. The number of hydrogen-bond donors (Lipinski definition) is 1. The van der Waals surface area contributed by atoms with Crippen LogP contribution in [0.5, 0.6) is 0 Å². The lowest BCUT2D eigenvalue weighted by Gasteiger charge is -2.04. The molecule has 0 fully saturated rings. The molecule has 1 heterocycles. The predicted octanol–water partition coefficient (Wildman–Crippen LogP) is 2.52. The van der Waals surface area contributed by atoms with Gasteiger partial charge in [0.05, 0.1) is 17.1 Å². The van der Waals surface area contributed by atoms with E-state index in [9.17, 15) is 0 Å². The van der Waals surface area contributed by atoms with Crippen molar-refractivity contribution in [3.05, 3.63) is 29.4 Å². The van der Waals surface area contributed by atoms with Gasteiger partial charge < -0.3 is 15.0 Å². The summed E-state index contributed by atoms with van der Waals surface area (Å²) >= 11 is 6.12. The van der Waals surface area contributed by atoms with Crippen LogP contribution in [0.1, 0.15) is 0 Å². The second-order valence-corrected chi connectivity index (χ2v) is 3.81. The SMILES string of the molecule is COCCn1cc(Cl)c2c(N)cccc21. The van der Waals surface area contributed by atoms with Gasteiger partial charge in [0.1, 0.15) is 0 Å². The Labute approximate surface area is 93.4 Å². The molecule has 0 spiro atoms. The van der Waals surface area contributed by atoms with E-state index in [0.717, 1.165) is 17.4 Å². The summed E-state index contributed by atoms with van der Waals surface area (Å²) in [6, 6.07) is 5.79. The fraction of sp³-hybridized carbons (Fsp3) is 0.273. The van der Waals surface area contributed by atoms with E-state index in [4.69, 9.17) is 22.1 Å². The van der Waals surface area contributed by atoms with E-state index < -0.39 is 0 Å². The molecule has 0 saturated carbocycles. The van der Waals surface area contributed by atoms with Crippen LogP contribution in [0.4, 0.5) is 5.69 Å². The van der Waals surface area contributed by atoms with Crippen molar-refractivity contribution in [1.29, 1.82) is 0 Å². The highest BCUT2D eigenvalue weighted by Gasteiger charge is 2.08. The molecule has 80 valence electrons. The average Bonchev–Trinajstić information content (AvgIpc) is 2.54. The zero-order chi connectivity index (χ0) is 10.8. The molecule has 0 amide bonds. The Hall–Kier alpha value is -1.19. The van der Waals surface area contributed by atoms with Crippen LogP contribution in [0.25, 0.3) is 10.9 Å². The molecule has 15 heavy (non-hydrogen) atoms. The van der Waals surface area contributed by atoms with E-state index in [2.05, 4.69) is 4.57 Å². The van der Waals surface area contributed by atoms with Crippen LogP contribution in [-0.4, -0.2) is 18.3 Å². The molecular weight excluding hydrogens is 212 g/mol. The summed E-state index contributed by atoms with van der Waals surface area (Å²) in [4.78, 5) is 0. The molecule has 0 radical (unpaired) electrons. The molecule has 2 N–H and O–H groups in total. The van der Waals surface area contributed by atoms with Crippen LogP contribution in [-0.2, 0) is 11.3 Å². The molecule has 2 rings (SSSR count). The van der Waals surface area contributed by atoms with E-state index in [0.29, 0.717) is 17.3 Å². The maximum atomic E-state index is 6.12. The molecule has 4 heteroatoms. The highest BCUT2D eigenvalue weighted by Crippen LogP contribution is 2.30. The minimum Gasteiger partial charge on any atom is -0.398 e. The summed E-state index contributed by atoms with van der Waals surface area (Å²) in [5.74, 6) is 0. The van der Waals surface area contributed by atoms with Crippen LogP contribution in [0, 0.1) is 0 Å². The van der Waals surface area contributed by atoms with E-state index in [1.54, 1.807) is 7.11 Å². The summed E-state index contributed by atoms with van der Waals surface area (Å²) in [5.41, 5.74) is 7.64. The summed E-state index contributed by atoms with van der Waals surface area (Å²) in [7, 11) is 1.68. The topological polar surface area (TPSA) is 40.2 Å². The fourth-order valence-electron chi connectivity index (χ4n) is 1.70. The van der Waals surface area contributed by atoms with Gasteiger partial charge in [0.15, 0.2) is 0 Å². The number of nitrogens with zero attached hydrogens (tertiary/aromatic N) is 1. The zero-order valence-electron chi connectivity index (χ0n) is 8.53. The van der Waals surface area contributed by atoms with Crippen LogP contribution < -0.4 is 5.73 Å². The Bertz CT molecular complexity index is 479. The number of benzene rings is 1. The van der Waals surface area contributed by atoms with Crippen molar-refractivity contribution in [2.75, 3.05) is 19.5 Å². The van der Waals surface area contributed by atoms with Crippen molar-refractivity contribution < 1.29 is 4.74 Å². The number of halogens is 1. The van der Waals surface area contributed by atoms with Crippen molar-refractivity contribution in [1.82, 2.24) is 4.57 Å². The third kappa shape index (κ3) is 1.80. The van der Waals surface area contributed by atoms with Crippen molar-refractivity contribution in [3.63, 3.8) is 0 Å². The first-order valence-electron chi connectivity index (χ1n) is 4.76. The first-order valence-corrected chi connectivity index (χ1v) is 5.13. The minimum atomic E-state index is 0.662. The van der Waals surface area contributed by atoms with Gasteiger partial charge in [-0.3, -0.25) is 0 Å². The Morgan fingerprint density at radius 3 is 3.00 bits per heavy atom. The predicted molar refractivity (Wildman–Crippen MR) is 63.2 cm³/mol. The van der Waals surface area contributed by atoms with Gasteiger partial charge in [-0.25, -0.2) is 0 Å². The Balaban J connectivity index is 2.53. The maximum absolute atomic E-state index is 6.12. The number of hydrogen-bond acceptors (Lipinski definition) is 2. The van der Waals surface area contributed by atoms with Gasteiger partial charge in [-0.2, -0.15) is 0 Å². The number of anilines is 1. The molecular formula is C11H13ClN2O. The van der Waals surface area contributed by atoms with E-state index in [-0.39, 0.29) is 0 Å². The number of methoxy groups -OCH3 is 1. The van der Waals surface area contributed by atoms with Gasteiger partial charge in [-0.05, 0) is 12.1 Å². The van der Waals surface area contributed by atoms with Gasteiger partial charge in [-0.15, -0.1) is 0 Å². The monoisotopic (exact) mass is 224 g/mol. The molecule has 2 aromatic rings. The highest BCUT2D eigenvalue weighted by molar-refractivity contribution is 6.36. The third-order valence-electron chi connectivity index (χ3n) is 2.43. The fourth-order valence-corrected chi connectivity index (χ4v) is 2.03. The van der Waals surface area contributed by atoms with Gasteiger partial charge in [0, 0.05) is 30.9 Å². The molecule has 0 bridgehead atoms. The quantitative estimate of drug-likeness (QED) is 0.814. The van der Waals surface area contributed by atoms with Crippen LogP contribution in [0.2, 0.25) is 5.02 Å². The van der Waals surface area contributed by atoms with E-state index >= 15 is 0 Å². The minimum absolute atomic E-state index is 0.662. The molecule has 0 aliphatic carbocycles. The van der Waals surface area contributed by atoms with Gasteiger partial charge in [0.2, 0.25) is 0 Å². The smallest absolute Gasteiger partial charge is 0.0682 e.